The van der Waals surface area contributed by atoms with Crippen LogP contribution in [0.2, 0.25) is 0 Å². The summed E-state index contributed by atoms with van der Waals surface area (Å²) in [5.74, 6) is 0.111. The number of hydrogen-bond acceptors (Lipinski definition) is 6. The average Bonchev–Trinajstić information content (AvgIpc) is 3.45. The molecule has 0 radical (unpaired) electrons. The lowest BCUT2D eigenvalue weighted by molar-refractivity contribution is 0.603. The van der Waals surface area contributed by atoms with Crippen molar-refractivity contribution in [3.05, 3.63) is 65.7 Å². The largest absolute Gasteiger partial charge is 0.464 e. The van der Waals surface area contributed by atoms with Crippen molar-refractivity contribution in [2.45, 2.75) is 13.5 Å². The van der Waals surface area contributed by atoms with Gasteiger partial charge in [0.2, 0.25) is 5.95 Å². The second kappa shape index (κ2) is 6.70. The number of fused-ring (bicyclic) bond motifs is 2. The molecule has 0 bridgehead atoms. The molecule has 0 saturated heterocycles. The first-order valence-corrected chi connectivity index (χ1v) is 9.23. The molecule has 1 aromatic carbocycles. The second-order valence-electron chi connectivity index (χ2n) is 6.93. The number of benzene rings is 1. The van der Waals surface area contributed by atoms with Crippen LogP contribution in [0.15, 0.2) is 47.3 Å². The molecule has 8 nitrogen and oxygen atoms in total. The maximum Gasteiger partial charge on any atom is 0.208 e. The number of halogens is 1. The van der Waals surface area contributed by atoms with Crippen molar-refractivity contribution in [2.75, 3.05) is 5.32 Å². The number of nitrogens with one attached hydrogen (secondary N) is 1. The number of hydrogen-bond donors (Lipinski definition) is 1. The SMILES string of the molecule is Cc1cc(-c2cnc(NCc3c(F)ccc4occc34)n3cc(C#N)nc23)n(C)n1. The first kappa shape index (κ1) is 17.9. The molecule has 5 rings (SSSR count). The molecule has 5 aromatic rings. The van der Waals surface area contributed by atoms with Crippen molar-refractivity contribution in [1.29, 1.82) is 5.26 Å². The molecule has 0 amide bonds. The molecule has 4 aromatic heterocycles. The molecule has 0 aliphatic carbocycles. The van der Waals surface area contributed by atoms with E-state index in [0.717, 1.165) is 17.0 Å². The van der Waals surface area contributed by atoms with Crippen LogP contribution in [-0.2, 0) is 13.6 Å². The minimum Gasteiger partial charge on any atom is -0.464 e. The Bertz CT molecular complexity index is 1450. The third-order valence-electron chi connectivity index (χ3n) is 5.00. The molecule has 0 aliphatic rings. The number of nitrogens with zero attached hydrogens (tertiary/aromatic N) is 6. The van der Waals surface area contributed by atoms with Gasteiger partial charge in [-0.2, -0.15) is 10.4 Å². The van der Waals surface area contributed by atoms with Gasteiger partial charge in [-0.25, -0.2) is 14.4 Å². The fourth-order valence-electron chi connectivity index (χ4n) is 3.63. The van der Waals surface area contributed by atoms with E-state index in [4.69, 9.17) is 4.42 Å². The highest BCUT2D eigenvalue weighted by atomic mass is 19.1. The molecular weight excluding hydrogens is 385 g/mol. The zero-order valence-electron chi connectivity index (χ0n) is 16.2. The van der Waals surface area contributed by atoms with Crippen LogP contribution in [0.3, 0.4) is 0 Å². The van der Waals surface area contributed by atoms with E-state index in [-0.39, 0.29) is 18.1 Å². The number of anilines is 1. The van der Waals surface area contributed by atoms with Crippen molar-refractivity contribution in [1.82, 2.24) is 24.1 Å². The van der Waals surface area contributed by atoms with E-state index in [0.29, 0.717) is 28.1 Å². The quantitative estimate of drug-likeness (QED) is 0.492. The number of nitriles is 1. The summed E-state index contributed by atoms with van der Waals surface area (Å²) in [6.07, 6.45) is 4.81. The summed E-state index contributed by atoms with van der Waals surface area (Å²) < 4.78 is 23.2. The van der Waals surface area contributed by atoms with Crippen molar-refractivity contribution in [3.63, 3.8) is 0 Å². The van der Waals surface area contributed by atoms with Gasteiger partial charge in [-0.15, -0.1) is 0 Å². The Labute approximate surface area is 170 Å². The zero-order valence-corrected chi connectivity index (χ0v) is 16.2. The fourth-order valence-corrected chi connectivity index (χ4v) is 3.63. The van der Waals surface area contributed by atoms with Crippen molar-refractivity contribution in [2.24, 2.45) is 7.05 Å². The summed E-state index contributed by atoms with van der Waals surface area (Å²) in [6.45, 7) is 2.09. The van der Waals surface area contributed by atoms with Gasteiger partial charge in [-0.3, -0.25) is 9.08 Å². The third kappa shape index (κ3) is 2.78. The molecule has 1 N–H and O–H groups in total. The molecule has 30 heavy (non-hydrogen) atoms. The molecular formula is C21H16FN7O. The summed E-state index contributed by atoms with van der Waals surface area (Å²) in [5.41, 5.74) is 4.35. The number of imidazole rings is 1. The summed E-state index contributed by atoms with van der Waals surface area (Å²) in [5, 5.41) is 17.6. The summed E-state index contributed by atoms with van der Waals surface area (Å²) in [4.78, 5) is 8.93. The van der Waals surface area contributed by atoms with Crippen LogP contribution in [0.1, 0.15) is 17.0 Å². The molecule has 4 heterocycles. The van der Waals surface area contributed by atoms with E-state index in [1.54, 1.807) is 33.6 Å². The van der Waals surface area contributed by atoms with E-state index in [9.17, 15) is 9.65 Å². The van der Waals surface area contributed by atoms with Crippen LogP contribution < -0.4 is 5.32 Å². The Morgan fingerprint density at radius 2 is 2.17 bits per heavy atom. The van der Waals surface area contributed by atoms with Crippen LogP contribution >= 0.6 is 0 Å². The van der Waals surface area contributed by atoms with Gasteiger partial charge in [0.05, 0.1) is 29.4 Å². The van der Waals surface area contributed by atoms with Crippen molar-refractivity contribution >= 4 is 22.6 Å². The van der Waals surface area contributed by atoms with E-state index in [2.05, 4.69) is 26.5 Å². The van der Waals surface area contributed by atoms with E-state index < -0.39 is 0 Å². The molecule has 9 heteroatoms. The van der Waals surface area contributed by atoms with Gasteiger partial charge in [0.25, 0.3) is 0 Å². The minimum absolute atomic E-state index is 0.190. The monoisotopic (exact) mass is 401 g/mol. The topological polar surface area (TPSA) is 97.0 Å². The fraction of sp³-hybridized carbons (Fsp3) is 0.143. The maximum absolute atomic E-state index is 14.4. The Morgan fingerprint density at radius 3 is 2.93 bits per heavy atom. The lowest BCUT2D eigenvalue weighted by atomic mass is 10.1. The standard InChI is InChI=1S/C21H16FN7O/c1-12-7-18(28(2)27-12)16-10-25-21(29-11-13(8-23)26-20(16)29)24-9-15-14-5-6-30-19(14)4-3-17(15)22/h3-7,10-11H,9H2,1-2H3,(H,24,25). The molecule has 0 saturated carbocycles. The van der Waals surface area contributed by atoms with Gasteiger partial charge >= 0.3 is 0 Å². The van der Waals surface area contributed by atoms with Gasteiger partial charge in [0.15, 0.2) is 11.3 Å². The first-order valence-electron chi connectivity index (χ1n) is 9.23. The maximum atomic E-state index is 14.4. The third-order valence-corrected chi connectivity index (χ3v) is 5.00. The highest BCUT2D eigenvalue weighted by Crippen LogP contribution is 2.27. The van der Waals surface area contributed by atoms with E-state index in [1.807, 2.05) is 20.0 Å². The molecule has 148 valence electrons. The number of furan rings is 1. The van der Waals surface area contributed by atoms with Crippen LogP contribution in [-0.4, -0.2) is 24.1 Å². The van der Waals surface area contributed by atoms with Gasteiger partial charge in [-0.1, -0.05) is 0 Å². The Hall–Kier alpha value is -4.19. The highest BCUT2D eigenvalue weighted by molar-refractivity contribution is 5.81. The summed E-state index contributed by atoms with van der Waals surface area (Å²) in [7, 11) is 1.84. The highest BCUT2D eigenvalue weighted by Gasteiger charge is 2.17. The Balaban J connectivity index is 1.59. The molecule has 0 aliphatic heterocycles. The number of aromatic nitrogens is 5. The van der Waals surface area contributed by atoms with Gasteiger partial charge in [-0.05, 0) is 31.2 Å². The predicted molar refractivity (Wildman–Crippen MR) is 108 cm³/mol. The van der Waals surface area contributed by atoms with Crippen molar-refractivity contribution < 1.29 is 8.81 Å². The van der Waals surface area contributed by atoms with Crippen LogP contribution in [0, 0.1) is 24.1 Å². The summed E-state index contributed by atoms with van der Waals surface area (Å²) >= 11 is 0. The molecule has 0 unspecified atom stereocenters. The first-order chi connectivity index (χ1) is 14.5. The number of rotatable bonds is 4. The van der Waals surface area contributed by atoms with Crippen LogP contribution in [0.5, 0.6) is 0 Å². The lowest BCUT2D eigenvalue weighted by Crippen LogP contribution is -2.08. The molecule has 0 fully saturated rings. The molecule has 0 atom stereocenters. The number of aryl methyl sites for hydroxylation is 2. The zero-order chi connectivity index (χ0) is 20.8. The lowest BCUT2D eigenvalue weighted by Gasteiger charge is -2.11. The van der Waals surface area contributed by atoms with Crippen LogP contribution in [0.4, 0.5) is 10.3 Å². The van der Waals surface area contributed by atoms with Gasteiger partial charge < -0.3 is 9.73 Å². The van der Waals surface area contributed by atoms with Crippen molar-refractivity contribution in [3.8, 4) is 17.3 Å². The Kier molecular flexibility index (Phi) is 3.99. The van der Waals surface area contributed by atoms with E-state index in [1.165, 1.54) is 12.3 Å². The van der Waals surface area contributed by atoms with Gasteiger partial charge in [0.1, 0.15) is 17.5 Å². The van der Waals surface area contributed by atoms with E-state index >= 15 is 0 Å². The summed E-state index contributed by atoms with van der Waals surface area (Å²) in [6, 6.07) is 8.71. The minimum atomic E-state index is -0.335. The smallest absolute Gasteiger partial charge is 0.208 e. The average molecular weight is 401 g/mol. The normalized spacial score (nSPS) is 11.3. The van der Waals surface area contributed by atoms with Gasteiger partial charge in [0, 0.05) is 30.7 Å². The Morgan fingerprint density at radius 1 is 1.30 bits per heavy atom. The second-order valence-corrected chi connectivity index (χ2v) is 6.93. The van der Waals surface area contributed by atoms with Crippen LogP contribution in [0.25, 0.3) is 27.9 Å². The predicted octanol–water partition coefficient (Wildman–Crippen LogP) is 3.81. The molecule has 0 spiro atoms.